The molecule has 0 aromatic heterocycles. The van der Waals surface area contributed by atoms with Gasteiger partial charge in [0.2, 0.25) is 0 Å². The molecule has 1 aromatic carbocycles. The van der Waals surface area contributed by atoms with Crippen LogP contribution in [0.5, 0.6) is 0 Å². The number of nitrogens with one attached hydrogen (secondary N) is 2. The largest absolute Gasteiger partial charge is 0.463 e. The lowest BCUT2D eigenvalue weighted by Crippen LogP contribution is -2.35. The minimum Gasteiger partial charge on any atom is -0.463 e. The second-order valence-electron chi connectivity index (χ2n) is 4.88. The second kappa shape index (κ2) is 7.10. The van der Waals surface area contributed by atoms with E-state index in [0.29, 0.717) is 19.6 Å². The van der Waals surface area contributed by atoms with Gasteiger partial charge >= 0.3 is 5.97 Å². The molecular weight excluding hydrogens is 252 g/mol. The molecule has 0 fully saturated rings. The molecule has 0 bridgehead atoms. The molecule has 0 saturated carbocycles. The lowest BCUT2D eigenvalue weighted by atomic mass is 10.0. The van der Waals surface area contributed by atoms with Gasteiger partial charge in [-0.15, -0.1) is 0 Å². The maximum Gasteiger partial charge on any atom is 0.335 e. The van der Waals surface area contributed by atoms with Crippen molar-refractivity contribution in [2.45, 2.75) is 26.3 Å². The molecule has 2 N–H and O–H groups in total. The molecule has 1 aliphatic heterocycles. The fourth-order valence-electron chi connectivity index (χ4n) is 2.35. The lowest BCUT2D eigenvalue weighted by Gasteiger charge is -2.25. The highest BCUT2D eigenvalue weighted by molar-refractivity contribution is 5.89. The van der Waals surface area contributed by atoms with Gasteiger partial charge in [-0.1, -0.05) is 30.3 Å². The Morgan fingerprint density at radius 1 is 1.40 bits per heavy atom. The zero-order chi connectivity index (χ0) is 14.4. The highest BCUT2D eigenvalue weighted by atomic mass is 16.5. The second-order valence-corrected chi connectivity index (χ2v) is 4.88. The number of hydrogen-bond acceptors (Lipinski definition) is 4. The summed E-state index contributed by atoms with van der Waals surface area (Å²) in [4.78, 5) is 12.0. The van der Waals surface area contributed by atoms with E-state index in [-0.39, 0.29) is 12.0 Å². The molecule has 0 saturated heterocycles. The van der Waals surface area contributed by atoms with Crippen molar-refractivity contribution in [1.29, 1.82) is 0 Å². The van der Waals surface area contributed by atoms with E-state index >= 15 is 0 Å². The predicted octanol–water partition coefficient (Wildman–Crippen LogP) is 2.15. The number of hydrogen-bond donors (Lipinski definition) is 2. The molecule has 0 unspecified atom stereocenters. The van der Waals surface area contributed by atoms with Gasteiger partial charge in [-0.25, -0.2) is 4.79 Å². The maximum absolute atomic E-state index is 12.0. The number of benzene rings is 1. The summed E-state index contributed by atoms with van der Waals surface area (Å²) >= 11 is 0. The summed E-state index contributed by atoms with van der Waals surface area (Å²) < 4.78 is 5.13. The number of rotatable bonds is 5. The third kappa shape index (κ3) is 3.61. The average Bonchev–Trinajstić information content (AvgIpc) is 2.49. The summed E-state index contributed by atoms with van der Waals surface area (Å²) in [5, 5.41) is 6.73. The summed E-state index contributed by atoms with van der Waals surface area (Å²) in [7, 11) is 0. The van der Waals surface area contributed by atoms with Gasteiger partial charge in [-0.05, 0) is 32.4 Å². The van der Waals surface area contributed by atoms with Gasteiger partial charge < -0.3 is 15.4 Å². The molecule has 0 amide bonds. The zero-order valence-corrected chi connectivity index (χ0v) is 12.1. The van der Waals surface area contributed by atoms with Crippen LogP contribution in [-0.4, -0.2) is 25.7 Å². The van der Waals surface area contributed by atoms with E-state index in [1.165, 1.54) is 5.56 Å². The Morgan fingerprint density at radius 3 is 2.85 bits per heavy atom. The summed E-state index contributed by atoms with van der Waals surface area (Å²) in [6, 6.07) is 10.4. The van der Waals surface area contributed by atoms with E-state index in [0.717, 1.165) is 17.8 Å². The zero-order valence-electron chi connectivity index (χ0n) is 12.1. The van der Waals surface area contributed by atoms with Crippen LogP contribution < -0.4 is 10.6 Å². The molecule has 1 aliphatic rings. The molecule has 4 heteroatoms. The van der Waals surface area contributed by atoms with E-state index in [4.69, 9.17) is 4.74 Å². The molecule has 4 nitrogen and oxygen atoms in total. The topological polar surface area (TPSA) is 50.4 Å². The highest BCUT2D eigenvalue weighted by Crippen LogP contribution is 2.18. The molecule has 108 valence electrons. The van der Waals surface area contributed by atoms with Crippen LogP contribution in [0.1, 0.15) is 31.9 Å². The van der Waals surface area contributed by atoms with Crippen LogP contribution in [0.15, 0.2) is 41.6 Å². The van der Waals surface area contributed by atoms with Gasteiger partial charge in [0.05, 0.1) is 12.2 Å². The molecule has 0 radical (unpaired) electrons. The van der Waals surface area contributed by atoms with Gasteiger partial charge in [-0.2, -0.15) is 0 Å². The Labute approximate surface area is 120 Å². The Morgan fingerprint density at radius 2 is 2.15 bits per heavy atom. The van der Waals surface area contributed by atoms with Crippen molar-refractivity contribution in [1.82, 2.24) is 10.6 Å². The van der Waals surface area contributed by atoms with E-state index in [9.17, 15) is 4.79 Å². The first-order valence-electron chi connectivity index (χ1n) is 7.13. The SMILES string of the molecule is CCOC(=O)C1=C(N[C@H](C)c2ccccc2)CNCC1. The quantitative estimate of drug-likeness (QED) is 0.808. The van der Waals surface area contributed by atoms with Crippen molar-refractivity contribution in [3.8, 4) is 0 Å². The minimum atomic E-state index is -0.197. The molecule has 1 heterocycles. The normalized spacial score (nSPS) is 16.7. The van der Waals surface area contributed by atoms with Crippen LogP contribution >= 0.6 is 0 Å². The molecule has 2 rings (SSSR count). The van der Waals surface area contributed by atoms with E-state index in [2.05, 4.69) is 29.7 Å². The Kier molecular flexibility index (Phi) is 5.18. The van der Waals surface area contributed by atoms with E-state index < -0.39 is 0 Å². The number of ether oxygens (including phenoxy) is 1. The number of carbonyl (C=O) groups excluding carboxylic acids is 1. The van der Waals surface area contributed by atoms with Crippen LogP contribution in [-0.2, 0) is 9.53 Å². The van der Waals surface area contributed by atoms with Crippen LogP contribution in [0.3, 0.4) is 0 Å². The standard InChI is InChI=1S/C16H22N2O2/c1-3-20-16(19)14-9-10-17-11-15(14)18-12(2)13-7-5-4-6-8-13/h4-8,12,17-18H,3,9-11H2,1-2H3/t12-/m1/s1. The third-order valence-corrected chi connectivity index (χ3v) is 3.43. The highest BCUT2D eigenvalue weighted by Gasteiger charge is 2.21. The van der Waals surface area contributed by atoms with Crippen molar-refractivity contribution in [3.63, 3.8) is 0 Å². The summed E-state index contributed by atoms with van der Waals surface area (Å²) in [6.07, 6.45) is 0.711. The van der Waals surface area contributed by atoms with Gasteiger partial charge in [-0.3, -0.25) is 0 Å². The first-order chi connectivity index (χ1) is 9.72. The van der Waals surface area contributed by atoms with Crippen LogP contribution in [0.2, 0.25) is 0 Å². The molecular formula is C16H22N2O2. The van der Waals surface area contributed by atoms with Gasteiger partial charge in [0.1, 0.15) is 0 Å². The Hall–Kier alpha value is -1.81. The maximum atomic E-state index is 12.0. The van der Waals surface area contributed by atoms with Crippen LogP contribution in [0.4, 0.5) is 0 Å². The molecule has 20 heavy (non-hydrogen) atoms. The fourth-order valence-corrected chi connectivity index (χ4v) is 2.35. The fraction of sp³-hybridized carbons (Fsp3) is 0.438. The molecule has 0 spiro atoms. The smallest absolute Gasteiger partial charge is 0.335 e. The van der Waals surface area contributed by atoms with Gasteiger partial charge in [0.15, 0.2) is 0 Å². The van der Waals surface area contributed by atoms with Crippen molar-refractivity contribution in [3.05, 3.63) is 47.2 Å². The first-order valence-corrected chi connectivity index (χ1v) is 7.13. The lowest BCUT2D eigenvalue weighted by molar-refractivity contribution is -0.138. The number of esters is 1. The summed E-state index contributed by atoms with van der Waals surface area (Å²) in [5.41, 5.74) is 2.92. The van der Waals surface area contributed by atoms with Crippen molar-refractivity contribution >= 4 is 5.97 Å². The van der Waals surface area contributed by atoms with Crippen molar-refractivity contribution < 1.29 is 9.53 Å². The third-order valence-electron chi connectivity index (χ3n) is 3.43. The minimum absolute atomic E-state index is 0.163. The van der Waals surface area contributed by atoms with E-state index in [1.807, 2.05) is 25.1 Å². The summed E-state index contributed by atoms with van der Waals surface area (Å²) in [5.74, 6) is -0.197. The van der Waals surface area contributed by atoms with Gasteiger partial charge in [0, 0.05) is 18.3 Å². The van der Waals surface area contributed by atoms with Crippen LogP contribution in [0.25, 0.3) is 0 Å². The average molecular weight is 274 g/mol. The van der Waals surface area contributed by atoms with Crippen molar-refractivity contribution in [2.24, 2.45) is 0 Å². The van der Waals surface area contributed by atoms with Crippen LogP contribution in [0, 0.1) is 0 Å². The van der Waals surface area contributed by atoms with Gasteiger partial charge in [0.25, 0.3) is 0 Å². The molecule has 0 aliphatic carbocycles. The molecule has 1 aromatic rings. The first kappa shape index (κ1) is 14.6. The molecule has 1 atom stereocenters. The monoisotopic (exact) mass is 274 g/mol. The number of carbonyl (C=O) groups is 1. The Bertz CT molecular complexity index is 483. The predicted molar refractivity (Wildman–Crippen MR) is 79.1 cm³/mol. The Balaban J connectivity index is 2.13. The summed E-state index contributed by atoms with van der Waals surface area (Å²) in [6.45, 7) is 5.85. The van der Waals surface area contributed by atoms with E-state index in [1.54, 1.807) is 0 Å². The van der Waals surface area contributed by atoms with Crippen molar-refractivity contribution in [2.75, 3.05) is 19.7 Å².